The van der Waals surface area contributed by atoms with Crippen LogP contribution in [0, 0.1) is 0 Å². The first-order chi connectivity index (χ1) is 10.2. The van der Waals surface area contributed by atoms with E-state index in [0.717, 1.165) is 13.1 Å². The molecule has 0 unspecified atom stereocenters. The fraction of sp³-hybridized carbons (Fsp3) is 0.588. The predicted octanol–water partition coefficient (Wildman–Crippen LogP) is 1.74. The summed E-state index contributed by atoms with van der Waals surface area (Å²) in [7, 11) is 1.88. The molecule has 2 N–H and O–H groups in total. The third kappa shape index (κ3) is 2.53. The molecular formula is C17H25N3O. The molecule has 21 heavy (non-hydrogen) atoms. The average molecular weight is 287 g/mol. The third-order valence-electron chi connectivity index (χ3n) is 5.22. The van der Waals surface area contributed by atoms with Crippen molar-refractivity contribution in [1.29, 1.82) is 0 Å². The van der Waals surface area contributed by atoms with Crippen LogP contribution < -0.4 is 10.6 Å². The van der Waals surface area contributed by atoms with Crippen molar-refractivity contribution >= 4 is 11.6 Å². The van der Waals surface area contributed by atoms with Crippen molar-refractivity contribution in [2.24, 2.45) is 5.73 Å². The number of carbonyl (C=O) groups excluding carboxylic acids is 1. The van der Waals surface area contributed by atoms with E-state index in [-0.39, 0.29) is 11.3 Å². The van der Waals surface area contributed by atoms with Gasteiger partial charge in [0.05, 0.1) is 6.54 Å². The Morgan fingerprint density at radius 1 is 1.19 bits per heavy atom. The Hall–Kier alpha value is -1.55. The second kappa shape index (κ2) is 5.68. The Bertz CT molecular complexity index is 523. The van der Waals surface area contributed by atoms with Crippen molar-refractivity contribution in [2.75, 3.05) is 38.1 Å². The van der Waals surface area contributed by atoms with Crippen LogP contribution in [0.1, 0.15) is 31.2 Å². The van der Waals surface area contributed by atoms with Gasteiger partial charge in [-0.15, -0.1) is 0 Å². The number of rotatable bonds is 3. The molecule has 1 amide bonds. The van der Waals surface area contributed by atoms with Gasteiger partial charge in [-0.1, -0.05) is 31.0 Å². The molecule has 0 aromatic heterocycles. The Morgan fingerprint density at radius 3 is 2.57 bits per heavy atom. The minimum Gasteiger partial charge on any atom is -0.360 e. The number of likely N-dealkylation sites (N-methyl/N-ethyl adjacent to an activating group) is 1. The number of nitrogens with two attached hydrogens (primary N) is 1. The van der Waals surface area contributed by atoms with E-state index < -0.39 is 0 Å². The number of nitrogens with zero attached hydrogens (tertiary/aromatic N) is 2. The van der Waals surface area contributed by atoms with Gasteiger partial charge in [-0.25, -0.2) is 0 Å². The fourth-order valence-electron chi connectivity index (χ4n) is 3.80. The lowest BCUT2D eigenvalue weighted by molar-refractivity contribution is -0.129. The van der Waals surface area contributed by atoms with Gasteiger partial charge in [0.2, 0.25) is 5.91 Å². The molecule has 1 aromatic carbocycles. The lowest BCUT2D eigenvalue weighted by Gasteiger charge is -2.38. The van der Waals surface area contributed by atoms with Crippen LogP contribution in [0.3, 0.4) is 0 Å². The molecular weight excluding hydrogens is 262 g/mol. The molecule has 0 radical (unpaired) electrons. The highest BCUT2D eigenvalue weighted by Gasteiger charge is 2.37. The van der Waals surface area contributed by atoms with Crippen molar-refractivity contribution < 1.29 is 4.79 Å². The van der Waals surface area contributed by atoms with E-state index >= 15 is 0 Å². The molecule has 0 spiro atoms. The van der Waals surface area contributed by atoms with Crippen molar-refractivity contribution in [3.63, 3.8) is 0 Å². The summed E-state index contributed by atoms with van der Waals surface area (Å²) in [6.07, 6.45) is 4.85. The first-order valence-electron chi connectivity index (χ1n) is 7.95. The lowest BCUT2D eigenvalue weighted by Crippen LogP contribution is -2.49. The number of anilines is 1. The molecule has 114 valence electrons. The number of amides is 1. The summed E-state index contributed by atoms with van der Waals surface area (Å²) < 4.78 is 0. The molecule has 1 heterocycles. The fourth-order valence-corrected chi connectivity index (χ4v) is 3.80. The van der Waals surface area contributed by atoms with E-state index in [9.17, 15) is 4.79 Å². The van der Waals surface area contributed by atoms with Gasteiger partial charge in [-0.2, -0.15) is 0 Å². The monoisotopic (exact) mass is 287 g/mol. The lowest BCUT2D eigenvalue weighted by atomic mass is 9.78. The second-order valence-corrected chi connectivity index (χ2v) is 6.45. The number of carbonyl (C=O) groups is 1. The van der Waals surface area contributed by atoms with E-state index in [4.69, 9.17) is 5.73 Å². The first kappa shape index (κ1) is 14.4. The quantitative estimate of drug-likeness (QED) is 0.921. The molecule has 1 aliphatic heterocycles. The first-order valence-corrected chi connectivity index (χ1v) is 7.95. The average Bonchev–Trinajstić information content (AvgIpc) is 3.00. The molecule has 2 fully saturated rings. The third-order valence-corrected chi connectivity index (χ3v) is 5.22. The number of hydrogen-bond donors (Lipinski definition) is 1. The van der Waals surface area contributed by atoms with Gasteiger partial charge >= 0.3 is 0 Å². The number of piperazine rings is 1. The van der Waals surface area contributed by atoms with Gasteiger partial charge in [0.15, 0.2) is 0 Å². The summed E-state index contributed by atoms with van der Waals surface area (Å²) in [5.74, 6) is 0.198. The van der Waals surface area contributed by atoms with Gasteiger partial charge in [-0.3, -0.25) is 4.79 Å². The maximum absolute atomic E-state index is 12.0. The molecule has 1 aromatic rings. The molecule has 4 heteroatoms. The Labute approximate surface area is 126 Å². The second-order valence-electron chi connectivity index (χ2n) is 6.45. The van der Waals surface area contributed by atoms with Gasteiger partial charge in [0, 0.05) is 37.8 Å². The molecule has 0 bridgehead atoms. The van der Waals surface area contributed by atoms with Crippen molar-refractivity contribution in [2.45, 2.75) is 31.1 Å². The summed E-state index contributed by atoms with van der Waals surface area (Å²) in [5, 5.41) is 0. The highest BCUT2D eigenvalue weighted by molar-refractivity contribution is 5.83. The number of benzene rings is 1. The van der Waals surface area contributed by atoms with E-state index in [0.29, 0.717) is 13.1 Å². The van der Waals surface area contributed by atoms with Crippen LogP contribution in [0.4, 0.5) is 5.69 Å². The van der Waals surface area contributed by atoms with Crippen LogP contribution in [0.15, 0.2) is 24.3 Å². The number of para-hydroxylation sites is 1. The summed E-state index contributed by atoms with van der Waals surface area (Å²) in [5.41, 5.74) is 8.83. The van der Waals surface area contributed by atoms with E-state index in [1.165, 1.54) is 36.9 Å². The Kier molecular flexibility index (Phi) is 3.89. The van der Waals surface area contributed by atoms with Crippen LogP contribution in [-0.2, 0) is 10.2 Å². The van der Waals surface area contributed by atoms with Crippen LogP contribution in [0.25, 0.3) is 0 Å². The van der Waals surface area contributed by atoms with E-state index in [1.807, 2.05) is 11.9 Å². The maximum atomic E-state index is 12.0. The summed E-state index contributed by atoms with van der Waals surface area (Å²) >= 11 is 0. The normalized spacial score (nSPS) is 21.9. The zero-order valence-corrected chi connectivity index (χ0v) is 12.8. The Morgan fingerprint density at radius 2 is 1.90 bits per heavy atom. The summed E-state index contributed by atoms with van der Waals surface area (Å²) in [6.45, 7) is 2.88. The SMILES string of the molecule is CN1CCN(c2ccccc2C2(CN)CCCC2)CC1=O. The van der Waals surface area contributed by atoms with Crippen LogP contribution >= 0.6 is 0 Å². The van der Waals surface area contributed by atoms with Crippen molar-refractivity contribution in [3.8, 4) is 0 Å². The standard InChI is InChI=1S/C17H25N3O/c1-19-10-11-20(12-16(19)21)15-7-3-2-6-14(15)17(13-18)8-4-5-9-17/h2-3,6-7H,4-5,8-13,18H2,1H3. The van der Waals surface area contributed by atoms with E-state index in [2.05, 4.69) is 29.2 Å². The van der Waals surface area contributed by atoms with Crippen molar-refractivity contribution in [1.82, 2.24) is 4.90 Å². The highest BCUT2D eigenvalue weighted by Crippen LogP contribution is 2.44. The predicted molar refractivity (Wildman–Crippen MR) is 85.5 cm³/mol. The summed E-state index contributed by atoms with van der Waals surface area (Å²) in [6, 6.07) is 8.55. The molecule has 2 aliphatic rings. The molecule has 1 saturated heterocycles. The van der Waals surface area contributed by atoms with Gasteiger partial charge in [0.25, 0.3) is 0 Å². The van der Waals surface area contributed by atoms with Crippen LogP contribution in [0.5, 0.6) is 0 Å². The highest BCUT2D eigenvalue weighted by atomic mass is 16.2. The topological polar surface area (TPSA) is 49.6 Å². The molecule has 3 rings (SSSR count). The summed E-state index contributed by atoms with van der Waals surface area (Å²) in [4.78, 5) is 16.1. The Balaban J connectivity index is 1.95. The van der Waals surface area contributed by atoms with Crippen LogP contribution in [0.2, 0.25) is 0 Å². The molecule has 4 nitrogen and oxygen atoms in total. The smallest absolute Gasteiger partial charge is 0.241 e. The maximum Gasteiger partial charge on any atom is 0.241 e. The van der Waals surface area contributed by atoms with E-state index in [1.54, 1.807) is 0 Å². The molecule has 1 aliphatic carbocycles. The minimum absolute atomic E-state index is 0.114. The molecule has 1 saturated carbocycles. The number of hydrogen-bond acceptors (Lipinski definition) is 3. The minimum atomic E-state index is 0.114. The van der Waals surface area contributed by atoms with Crippen molar-refractivity contribution in [3.05, 3.63) is 29.8 Å². The zero-order valence-electron chi connectivity index (χ0n) is 12.8. The van der Waals surface area contributed by atoms with Gasteiger partial charge in [0.1, 0.15) is 0 Å². The zero-order chi connectivity index (χ0) is 14.9. The van der Waals surface area contributed by atoms with Gasteiger partial charge < -0.3 is 15.5 Å². The molecule has 0 atom stereocenters. The van der Waals surface area contributed by atoms with Gasteiger partial charge in [-0.05, 0) is 24.5 Å². The van der Waals surface area contributed by atoms with Crippen LogP contribution in [-0.4, -0.2) is 44.0 Å². The largest absolute Gasteiger partial charge is 0.360 e.